The molecule has 5 heteroatoms. The Kier molecular flexibility index (Phi) is 4.83. The Morgan fingerprint density at radius 1 is 1.14 bits per heavy atom. The van der Waals surface area contributed by atoms with Crippen molar-refractivity contribution < 1.29 is 0 Å². The Morgan fingerprint density at radius 3 is 2.68 bits per heavy atom. The molecule has 1 aliphatic rings. The van der Waals surface area contributed by atoms with Crippen molar-refractivity contribution in [3.63, 3.8) is 0 Å². The average Bonchev–Trinajstić information content (AvgIpc) is 2.57. The van der Waals surface area contributed by atoms with Gasteiger partial charge in [0.15, 0.2) is 0 Å². The Labute approximate surface area is 131 Å². The van der Waals surface area contributed by atoms with Gasteiger partial charge in [0, 0.05) is 37.6 Å². The molecule has 1 atom stereocenters. The molecule has 0 bridgehead atoms. The van der Waals surface area contributed by atoms with Crippen molar-refractivity contribution in [3.05, 3.63) is 42.5 Å². The second kappa shape index (κ2) is 7.20. The molecule has 0 saturated carbocycles. The minimum atomic E-state index is 0.312. The maximum Gasteiger partial charge on any atom is 0.134 e. The molecule has 1 unspecified atom stereocenters. The van der Waals surface area contributed by atoms with Crippen molar-refractivity contribution in [2.24, 2.45) is 0 Å². The fraction of sp³-hybridized carbons (Fsp3) is 0.471. The number of nitrogens with zero attached hydrogens (tertiary/aromatic N) is 4. The predicted octanol–water partition coefficient (Wildman–Crippen LogP) is 2.91. The Hall–Kier alpha value is -2.17. The van der Waals surface area contributed by atoms with Crippen LogP contribution in [0.1, 0.15) is 31.7 Å². The highest BCUT2D eigenvalue weighted by Crippen LogP contribution is 2.19. The van der Waals surface area contributed by atoms with E-state index in [1.807, 2.05) is 12.4 Å². The fourth-order valence-electron chi connectivity index (χ4n) is 2.90. The van der Waals surface area contributed by atoms with Crippen molar-refractivity contribution in [1.29, 1.82) is 0 Å². The van der Waals surface area contributed by atoms with E-state index >= 15 is 0 Å². The predicted molar refractivity (Wildman–Crippen MR) is 89.1 cm³/mol. The van der Waals surface area contributed by atoms with Gasteiger partial charge in [-0.15, -0.1) is 0 Å². The van der Waals surface area contributed by atoms with Crippen LogP contribution in [0.3, 0.4) is 0 Å². The van der Waals surface area contributed by atoms with E-state index in [9.17, 15) is 0 Å². The zero-order chi connectivity index (χ0) is 15.2. The second-order valence-corrected chi connectivity index (χ2v) is 5.91. The minimum absolute atomic E-state index is 0.312. The summed E-state index contributed by atoms with van der Waals surface area (Å²) in [5.41, 5.74) is 1.28. The summed E-state index contributed by atoms with van der Waals surface area (Å²) in [5.74, 6) is 1.94. The first kappa shape index (κ1) is 14.8. The summed E-state index contributed by atoms with van der Waals surface area (Å²) in [7, 11) is 0. The normalized spacial score (nSPS) is 16.3. The largest absolute Gasteiger partial charge is 0.367 e. The monoisotopic (exact) mass is 297 g/mol. The molecule has 1 saturated heterocycles. The van der Waals surface area contributed by atoms with Gasteiger partial charge < -0.3 is 10.2 Å². The van der Waals surface area contributed by atoms with Crippen molar-refractivity contribution in [2.45, 2.75) is 38.6 Å². The lowest BCUT2D eigenvalue weighted by atomic mass is 10.1. The van der Waals surface area contributed by atoms with Crippen LogP contribution in [0.4, 0.5) is 11.6 Å². The fourth-order valence-corrected chi connectivity index (χ4v) is 2.90. The Balaban J connectivity index is 1.62. The summed E-state index contributed by atoms with van der Waals surface area (Å²) < 4.78 is 0. The number of aromatic nitrogens is 3. The molecule has 5 nitrogen and oxygen atoms in total. The molecular formula is C17H23N5. The molecule has 0 aliphatic carbocycles. The van der Waals surface area contributed by atoms with Crippen molar-refractivity contribution in [2.75, 3.05) is 23.3 Å². The van der Waals surface area contributed by atoms with Crippen LogP contribution >= 0.6 is 0 Å². The zero-order valence-electron chi connectivity index (χ0n) is 13.1. The van der Waals surface area contributed by atoms with Gasteiger partial charge >= 0.3 is 0 Å². The number of hydrogen-bond acceptors (Lipinski definition) is 5. The summed E-state index contributed by atoms with van der Waals surface area (Å²) >= 11 is 0. The highest BCUT2D eigenvalue weighted by atomic mass is 15.2. The van der Waals surface area contributed by atoms with Gasteiger partial charge in [0.25, 0.3) is 0 Å². The van der Waals surface area contributed by atoms with Gasteiger partial charge in [-0.1, -0.05) is 0 Å². The van der Waals surface area contributed by atoms with E-state index in [4.69, 9.17) is 0 Å². The van der Waals surface area contributed by atoms with Crippen LogP contribution in [0.25, 0.3) is 0 Å². The summed E-state index contributed by atoms with van der Waals surface area (Å²) in [6.07, 6.45) is 10.1. The first-order valence-electron chi connectivity index (χ1n) is 8.04. The Bertz CT molecular complexity index is 581. The van der Waals surface area contributed by atoms with Crippen LogP contribution in [0.15, 0.2) is 36.9 Å². The van der Waals surface area contributed by atoms with Gasteiger partial charge in [0.05, 0.1) is 0 Å². The lowest BCUT2D eigenvalue weighted by molar-refractivity contribution is 0.573. The lowest BCUT2D eigenvalue weighted by Crippen LogP contribution is -2.30. The second-order valence-electron chi connectivity index (χ2n) is 5.91. The third-order valence-corrected chi connectivity index (χ3v) is 4.02. The van der Waals surface area contributed by atoms with Crippen molar-refractivity contribution >= 4 is 11.6 Å². The molecule has 2 aromatic rings. The number of rotatable bonds is 5. The van der Waals surface area contributed by atoms with Crippen LogP contribution in [-0.4, -0.2) is 34.1 Å². The van der Waals surface area contributed by atoms with Crippen LogP contribution in [0.5, 0.6) is 0 Å². The van der Waals surface area contributed by atoms with Gasteiger partial charge in [-0.25, -0.2) is 9.97 Å². The summed E-state index contributed by atoms with van der Waals surface area (Å²) in [5, 5.41) is 3.47. The molecule has 22 heavy (non-hydrogen) atoms. The van der Waals surface area contributed by atoms with Crippen molar-refractivity contribution in [1.82, 2.24) is 15.0 Å². The molecule has 2 aromatic heterocycles. The molecule has 0 aromatic carbocycles. The maximum absolute atomic E-state index is 4.42. The first-order chi connectivity index (χ1) is 10.8. The van der Waals surface area contributed by atoms with E-state index < -0.39 is 0 Å². The van der Waals surface area contributed by atoms with Crippen LogP contribution < -0.4 is 10.2 Å². The summed E-state index contributed by atoms with van der Waals surface area (Å²) in [6, 6.07) is 6.48. The first-order valence-corrected chi connectivity index (χ1v) is 8.04. The Morgan fingerprint density at radius 2 is 1.91 bits per heavy atom. The molecule has 3 rings (SSSR count). The van der Waals surface area contributed by atoms with Gasteiger partial charge in [0.1, 0.15) is 18.0 Å². The highest BCUT2D eigenvalue weighted by Gasteiger charge is 2.13. The van der Waals surface area contributed by atoms with E-state index in [0.717, 1.165) is 31.1 Å². The SMILES string of the molecule is CC(Cc1ccncc1)Nc1cc(N2CCCCC2)ncn1. The number of pyridine rings is 1. The van der Waals surface area contributed by atoms with E-state index in [1.54, 1.807) is 6.33 Å². The van der Waals surface area contributed by atoms with Gasteiger partial charge in [-0.3, -0.25) is 4.98 Å². The summed E-state index contributed by atoms with van der Waals surface area (Å²) in [4.78, 5) is 15.2. The van der Waals surface area contributed by atoms with Crippen molar-refractivity contribution in [3.8, 4) is 0 Å². The van der Waals surface area contributed by atoms with Crippen LogP contribution in [-0.2, 0) is 6.42 Å². The molecule has 3 heterocycles. The molecular weight excluding hydrogens is 274 g/mol. The van der Waals surface area contributed by atoms with Crippen LogP contribution in [0.2, 0.25) is 0 Å². The summed E-state index contributed by atoms with van der Waals surface area (Å²) in [6.45, 7) is 4.37. The number of nitrogens with one attached hydrogen (secondary N) is 1. The van der Waals surface area contributed by atoms with E-state index in [0.29, 0.717) is 6.04 Å². The van der Waals surface area contributed by atoms with E-state index in [2.05, 4.69) is 50.3 Å². The zero-order valence-corrected chi connectivity index (χ0v) is 13.1. The smallest absolute Gasteiger partial charge is 0.134 e. The quantitative estimate of drug-likeness (QED) is 0.919. The van der Waals surface area contributed by atoms with E-state index in [-0.39, 0.29) is 0 Å². The standard InChI is InChI=1S/C17H23N5/c1-14(11-15-5-7-18-8-6-15)21-16-12-17(20-13-19-16)22-9-3-2-4-10-22/h5-8,12-14H,2-4,9-11H2,1H3,(H,19,20,21). The maximum atomic E-state index is 4.42. The van der Waals surface area contributed by atoms with Gasteiger partial charge in [-0.05, 0) is 50.3 Å². The molecule has 1 fully saturated rings. The third kappa shape index (κ3) is 3.93. The molecule has 0 spiro atoms. The highest BCUT2D eigenvalue weighted by molar-refractivity contribution is 5.49. The topological polar surface area (TPSA) is 53.9 Å². The molecule has 116 valence electrons. The third-order valence-electron chi connectivity index (χ3n) is 4.02. The number of hydrogen-bond donors (Lipinski definition) is 1. The van der Waals surface area contributed by atoms with E-state index in [1.165, 1.54) is 24.8 Å². The molecule has 1 N–H and O–H groups in total. The van der Waals surface area contributed by atoms with Gasteiger partial charge in [0.2, 0.25) is 0 Å². The number of anilines is 2. The minimum Gasteiger partial charge on any atom is -0.367 e. The molecule has 0 amide bonds. The lowest BCUT2D eigenvalue weighted by Gasteiger charge is -2.28. The van der Waals surface area contributed by atoms with Gasteiger partial charge in [-0.2, -0.15) is 0 Å². The number of piperidine rings is 1. The molecule has 1 aliphatic heterocycles. The molecule has 0 radical (unpaired) electrons. The van der Waals surface area contributed by atoms with Crippen LogP contribution in [0, 0.1) is 0 Å². The average molecular weight is 297 g/mol.